The highest BCUT2D eigenvalue weighted by Crippen LogP contribution is 2.37. The number of sulfonamides is 1. The van der Waals surface area contributed by atoms with Gasteiger partial charge in [0.05, 0.1) is 31.6 Å². The molecule has 35 heavy (non-hydrogen) atoms. The van der Waals surface area contributed by atoms with Crippen LogP contribution in [0.25, 0.3) is 22.9 Å². The number of H-pyrrole nitrogens is 1. The lowest BCUT2D eigenvalue weighted by Gasteiger charge is -2.21. The Bertz CT molecular complexity index is 1540. The Balaban J connectivity index is 1.76. The Morgan fingerprint density at radius 1 is 1.23 bits per heavy atom. The minimum atomic E-state index is -3.35. The second kappa shape index (κ2) is 9.67. The van der Waals surface area contributed by atoms with Crippen LogP contribution in [0.3, 0.4) is 0 Å². The Hall–Kier alpha value is -4.05. The number of nitrogens with zero attached hydrogens (tertiary/aromatic N) is 1. The van der Waals surface area contributed by atoms with Crippen molar-refractivity contribution in [3.63, 3.8) is 0 Å². The molecule has 0 amide bonds. The zero-order chi connectivity index (χ0) is 25.2. The zero-order valence-corrected chi connectivity index (χ0v) is 20.2. The molecular weight excluding hydrogens is 470 g/mol. The summed E-state index contributed by atoms with van der Waals surface area (Å²) in [5, 5.41) is 0. The molecule has 0 saturated carbocycles. The third-order valence-electron chi connectivity index (χ3n) is 5.59. The van der Waals surface area contributed by atoms with Crippen molar-refractivity contribution < 1.29 is 17.6 Å². The molecule has 1 aromatic carbocycles. The molecule has 2 atom stereocenters. The van der Waals surface area contributed by atoms with Gasteiger partial charge in [0, 0.05) is 40.6 Å². The van der Waals surface area contributed by atoms with Gasteiger partial charge >= 0.3 is 5.69 Å². The summed E-state index contributed by atoms with van der Waals surface area (Å²) in [5.74, 6) is 0.623. The molecule has 9 nitrogen and oxygen atoms in total. The van der Waals surface area contributed by atoms with Crippen LogP contribution in [0.1, 0.15) is 12.5 Å². The van der Waals surface area contributed by atoms with Crippen molar-refractivity contribution in [2.75, 3.05) is 13.4 Å². The molecule has 3 aromatic rings. The fourth-order valence-corrected chi connectivity index (χ4v) is 4.52. The lowest BCUT2D eigenvalue weighted by molar-refractivity contribution is 0.415. The van der Waals surface area contributed by atoms with Crippen LogP contribution in [0.2, 0.25) is 0 Å². The largest absolute Gasteiger partial charge is 0.495 e. The minimum Gasteiger partial charge on any atom is -0.495 e. The number of allylic oxidation sites excluding steroid dienone is 4. The van der Waals surface area contributed by atoms with Crippen molar-refractivity contribution in [2.24, 2.45) is 11.8 Å². The summed E-state index contributed by atoms with van der Waals surface area (Å²) in [6.45, 7) is 1.99. The first kappa shape index (κ1) is 24.1. The fourth-order valence-electron chi connectivity index (χ4n) is 3.96. The zero-order valence-electron chi connectivity index (χ0n) is 19.4. The Labute approximate surface area is 202 Å². The summed E-state index contributed by atoms with van der Waals surface area (Å²) in [6, 6.07) is 6.65. The summed E-state index contributed by atoms with van der Waals surface area (Å²) in [7, 11) is -1.79. The molecule has 182 valence electrons. The van der Waals surface area contributed by atoms with Crippen LogP contribution in [-0.2, 0) is 10.0 Å². The first-order valence-corrected chi connectivity index (χ1v) is 12.7. The molecule has 2 unspecified atom stereocenters. The molecular formula is C25H25N3O6S. The Morgan fingerprint density at radius 3 is 2.66 bits per heavy atom. The third kappa shape index (κ3) is 5.55. The van der Waals surface area contributed by atoms with Crippen molar-refractivity contribution in [2.45, 2.75) is 6.92 Å². The normalized spacial score (nSPS) is 18.0. The monoisotopic (exact) mass is 495 g/mol. The second-order valence-corrected chi connectivity index (χ2v) is 10.0. The van der Waals surface area contributed by atoms with E-state index >= 15 is 0 Å². The fraction of sp³-hybridized carbons (Fsp3) is 0.200. The van der Waals surface area contributed by atoms with Gasteiger partial charge in [0.15, 0.2) is 0 Å². The van der Waals surface area contributed by atoms with Crippen LogP contribution in [0.15, 0.2) is 87.0 Å². The molecule has 10 heteroatoms. The van der Waals surface area contributed by atoms with Gasteiger partial charge in [-0.3, -0.25) is 19.1 Å². The van der Waals surface area contributed by atoms with Gasteiger partial charge in [0.25, 0.3) is 5.56 Å². The van der Waals surface area contributed by atoms with Gasteiger partial charge in [0.2, 0.25) is 10.0 Å². The SMILES string of the molecule is COc1c(/C=C/C2C=CC(NS(C)(=O)=O)=CC2C)cc(-n2ccc(=O)[nH]c2=O)cc1-c1ccoc1. The number of aromatic amines is 1. The molecule has 0 aliphatic heterocycles. The topological polar surface area (TPSA) is 123 Å². The van der Waals surface area contributed by atoms with E-state index in [0.29, 0.717) is 28.3 Å². The number of benzene rings is 1. The molecule has 0 radical (unpaired) electrons. The summed E-state index contributed by atoms with van der Waals surface area (Å²) in [6.07, 6.45) is 15.1. The number of ether oxygens (including phenoxy) is 1. The Kier molecular flexibility index (Phi) is 6.65. The predicted octanol–water partition coefficient (Wildman–Crippen LogP) is 3.06. The number of furan rings is 1. The molecule has 4 rings (SSSR count). The van der Waals surface area contributed by atoms with E-state index in [-0.39, 0.29) is 11.8 Å². The van der Waals surface area contributed by atoms with Crippen LogP contribution < -0.4 is 20.7 Å². The predicted molar refractivity (Wildman–Crippen MR) is 134 cm³/mol. The average Bonchev–Trinajstić information content (AvgIpc) is 3.32. The smallest absolute Gasteiger partial charge is 0.332 e. The average molecular weight is 496 g/mol. The highest BCUT2D eigenvalue weighted by atomic mass is 32.2. The van der Waals surface area contributed by atoms with Crippen LogP contribution in [0, 0.1) is 11.8 Å². The van der Waals surface area contributed by atoms with Gasteiger partial charge in [-0.2, -0.15) is 0 Å². The van der Waals surface area contributed by atoms with E-state index in [9.17, 15) is 18.0 Å². The summed E-state index contributed by atoms with van der Waals surface area (Å²) >= 11 is 0. The van der Waals surface area contributed by atoms with E-state index in [1.807, 2.05) is 31.2 Å². The molecule has 0 spiro atoms. The van der Waals surface area contributed by atoms with Crippen molar-refractivity contribution in [1.29, 1.82) is 0 Å². The van der Waals surface area contributed by atoms with Crippen molar-refractivity contribution >= 4 is 16.1 Å². The van der Waals surface area contributed by atoms with Gasteiger partial charge in [-0.05, 0) is 30.2 Å². The first-order valence-electron chi connectivity index (χ1n) is 10.8. The molecule has 1 aliphatic rings. The Morgan fingerprint density at radius 2 is 2.03 bits per heavy atom. The molecule has 2 N–H and O–H groups in total. The number of aromatic nitrogens is 2. The highest BCUT2D eigenvalue weighted by Gasteiger charge is 2.18. The molecule has 0 fully saturated rings. The van der Waals surface area contributed by atoms with Crippen molar-refractivity contribution in [3.8, 4) is 22.6 Å². The van der Waals surface area contributed by atoms with Crippen LogP contribution in [-0.4, -0.2) is 31.3 Å². The van der Waals surface area contributed by atoms with E-state index in [1.165, 1.54) is 16.8 Å². The maximum absolute atomic E-state index is 12.5. The number of hydrogen-bond acceptors (Lipinski definition) is 6. The van der Waals surface area contributed by atoms with E-state index < -0.39 is 21.3 Å². The molecule has 2 aromatic heterocycles. The van der Waals surface area contributed by atoms with E-state index in [1.54, 1.807) is 43.9 Å². The van der Waals surface area contributed by atoms with E-state index in [4.69, 9.17) is 9.15 Å². The van der Waals surface area contributed by atoms with Gasteiger partial charge in [-0.1, -0.05) is 31.2 Å². The highest BCUT2D eigenvalue weighted by molar-refractivity contribution is 7.88. The van der Waals surface area contributed by atoms with Gasteiger partial charge in [-0.15, -0.1) is 0 Å². The maximum atomic E-state index is 12.5. The lowest BCUT2D eigenvalue weighted by Crippen LogP contribution is -2.27. The molecule has 2 heterocycles. The lowest BCUT2D eigenvalue weighted by atomic mass is 9.88. The second-order valence-electron chi connectivity index (χ2n) is 8.26. The van der Waals surface area contributed by atoms with E-state index in [0.717, 1.165) is 11.8 Å². The molecule has 1 aliphatic carbocycles. The van der Waals surface area contributed by atoms with Gasteiger partial charge in [0.1, 0.15) is 5.75 Å². The minimum absolute atomic E-state index is 0.00153. The van der Waals surface area contributed by atoms with Gasteiger partial charge in [-0.25, -0.2) is 13.2 Å². The van der Waals surface area contributed by atoms with Crippen molar-refractivity contribution in [3.05, 3.63) is 99.4 Å². The third-order valence-corrected chi connectivity index (χ3v) is 6.20. The van der Waals surface area contributed by atoms with E-state index in [2.05, 4.69) is 9.71 Å². The van der Waals surface area contributed by atoms with Gasteiger partial charge < -0.3 is 9.15 Å². The van der Waals surface area contributed by atoms with Crippen molar-refractivity contribution in [1.82, 2.24) is 14.3 Å². The first-order chi connectivity index (χ1) is 16.6. The maximum Gasteiger partial charge on any atom is 0.332 e. The van der Waals surface area contributed by atoms with Crippen LogP contribution >= 0.6 is 0 Å². The van der Waals surface area contributed by atoms with Crippen LogP contribution in [0.5, 0.6) is 5.75 Å². The number of nitrogens with one attached hydrogen (secondary N) is 2. The number of hydrogen-bond donors (Lipinski definition) is 2. The summed E-state index contributed by atoms with van der Waals surface area (Å²) < 4.78 is 37.9. The molecule has 0 saturated heterocycles. The molecule has 0 bridgehead atoms. The summed E-state index contributed by atoms with van der Waals surface area (Å²) in [4.78, 5) is 26.3. The standard InChI is InChI=1S/C25H25N3O6S/c1-16-12-20(27-35(3,31)32)7-6-17(16)4-5-18-13-21(28-10-8-23(29)26-25(28)30)14-22(24(18)33-2)19-9-11-34-15-19/h4-17,27H,1-3H3,(H,26,29,30)/b5-4+. The van der Waals surface area contributed by atoms with Crippen LogP contribution in [0.4, 0.5) is 0 Å². The number of methoxy groups -OCH3 is 1. The quantitative estimate of drug-likeness (QED) is 0.519. The summed E-state index contributed by atoms with van der Waals surface area (Å²) in [5.41, 5.74) is 2.22. The number of rotatable bonds is 7.